The van der Waals surface area contributed by atoms with Crippen molar-refractivity contribution in [2.24, 2.45) is 0 Å². The largest absolute Gasteiger partial charge is 0.378 e. The molecule has 0 spiro atoms. The minimum atomic E-state index is -3.91. The number of benzene rings is 2. The molecule has 0 unspecified atom stereocenters. The Morgan fingerprint density at radius 3 is 2.62 bits per heavy atom. The maximum absolute atomic E-state index is 12.6. The van der Waals surface area contributed by atoms with E-state index in [1.807, 2.05) is 24.3 Å². The van der Waals surface area contributed by atoms with Crippen LogP contribution in [0, 0.1) is 6.92 Å². The molecule has 0 atom stereocenters. The summed E-state index contributed by atoms with van der Waals surface area (Å²) in [5.74, 6) is -0.538. The van der Waals surface area contributed by atoms with Crippen LogP contribution in [0.4, 0.5) is 5.13 Å². The van der Waals surface area contributed by atoms with E-state index in [-0.39, 0.29) is 4.90 Å². The molecular formula is C19H20N4O4S2. The summed E-state index contributed by atoms with van der Waals surface area (Å²) in [7, 11) is -3.91. The minimum absolute atomic E-state index is 0.0755. The number of carbonyl (C=O) groups excluding carboxylic acids is 1. The highest BCUT2D eigenvalue weighted by Gasteiger charge is 2.22. The van der Waals surface area contributed by atoms with Gasteiger partial charge in [-0.25, -0.2) is 13.4 Å². The Morgan fingerprint density at radius 2 is 1.86 bits per heavy atom. The van der Waals surface area contributed by atoms with Gasteiger partial charge in [0.1, 0.15) is 4.88 Å². The zero-order chi connectivity index (χ0) is 20.4. The fraction of sp³-hybridized carbons (Fsp3) is 0.263. The van der Waals surface area contributed by atoms with Crippen LogP contribution in [0.1, 0.15) is 15.4 Å². The average molecular weight is 433 g/mol. The third-order valence-electron chi connectivity index (χ3n) is 4.60. The second kappa shape index (κ2) is 8.07. The topological polar surface area (TPSA) is 101 Å². The number of fused-ring (bicyclic) bond motifs is 1. The van der Waals surface area contributed by atoms with Crippen molar-refractivity contribution in [1.82, 2.24) is 15.2 Å². The van der Waals surface area contributed by atoms with Gasteiger partial charge in [-0.1, -0.05) is 41.7 Å². The second-order valence-corrected chi connectivity index (χ2v) is 9.24. The number of anilines is 1. The molecule has 1 saturated heterocycles. The number of nitrogens with one attached hydrogen (secondary N) is 2. The van der Waals surface area contributed by atoms with Crippen LogP contribution in [0.25, 0.3) is 10.8 Å². The number of hydrogen-bond acceptors (Lipinski definition) is 7. The number of aromatic nitrogens is 1. The molecule has 1 aromatic heterocycles. The molecule has 1 fully saturated rings. The standard InChI is InChI=1S/C19H20N4O4S2/c1-13-17(28-19(20-13)23-8-10-27-11-9-23)18(24)21-22-29(25,26)16-7-6-14-4-2-3-5-15(14)12-16/h2-7,12,22H,8-11H2,1H3,(H,21,24). The molecule has 10 heteroatoms. The third-order valence-corrected chi connectivity index (χ3v) is 7.07. The molecule has 0 radical (unpaired) electrons. The van der Waals surface area contributed by atoms with Crippen molar-refractivity contribution in [2.75, 3.05) is 31.2 Å². The minimum Gasteiger partial charge on any atom is -0.378 e. The van der Waals surface area contributed by atoms with Gasteiger partial charge in [-0.3, -0.25) is 10.2 Å². The van der Waals surface area contributed by atoms with E-state index in [0.717, 1.165) is 15.9 Å². The molecule has 29 heavy (non-hydrogen) atoms. The molecule has 2 aromatic carbocycles. The van der Waals surface area contributed by atoms with E-state index in [1.54, 1.807) is 19.1 Å². The lowest BCUT2D eigenvalue weighted by molar-refractivity contribution is 0.0948. The Bertz CT molecular complexity index is 1150. The Morgan fingerprint density at radius 1 is 1.14 bits per heavy atom. The first-order valence-electron chi connectivity index (χ1n) is 9.05. The smallest absolute Gasteiger partial charge is 0.278 e. The number of sulfonamides is 1. The molecule has 1 aliphatic rings. The lowest BCUT2D eigenvalue weighted by atomic mass is 10.1. The van der Waals surface area contributed by atoms with Crippen molar-refractivity contribution in [2.45, 2.75) is 11.8 Å². The van der Waals surface area contributed by atoms with Crippen LogP contribution in [0.3, 0.4) is 0 Å². The van der Waals surface area contributed by atoms with Crippen LogP contribution in [-0.2, 0) is 14.8 Å². The molecule has 0 aliphatic carbocycles. The molecule has 8 nitrogen and oxygen atoms in total. The second-order valence-electron chi connectivity index (χ2n) is 6.58. The van der Waals surface area contributed by atoms with Crippen LogP contribution in [0.2, 0.25) is 0 Å². The fourth-order valence-corrected chi connectivity index (χ4v) is 4.93. The Kier molecular flexibility index (Phi) is 5.50. The summed E-state index contributed by atoms with van der Waals surface area (Å²) >= 11 is 1.23. The van der Waals surface area contributed by atoms with E-state index >= 15 is 0 Å². The van der Waals surface area contributed by atoms with E-state index in [2.05, 4.69) is 20.1 Å². The summed E-state index contributed by atoms with van der Waals surface area (Å²) in [6.07, 6.45) is 0. The first-order chi connectivity index (χ1) is 13.9. The number of hydrazine groups is 1. The molecule has 1 aliphatic heterocycles. The first-order valence-corrected chi connectivity index (χ1v) is 11.3. The molecule has 0 bridgehead atoms. The Hall–Kier alpha value is -2.53. The fourth-order valence-electron chi connectivity index (χ4n) is 3.05. The molecule has 0 saturated carbocycles. The molecule has 2 heterocycles. The van der Waals surface area contributed by atoms with Gasteiger partial charge in [0.15, 0.2) is 5.13 Å². The number of aryl methyl sites for hydroxylation is 1. The van der Waals surface area contributed by atoms with Crippen LogP contribution >= 0.6 is 11.3 Å². The van der Waals surface area contributed by atoms with Crippen LogP contribution in [0.5, 0.6) is 0 Å². The lowest BCUT2D eigenvalue weighted by Gasteiger charge is -2.25. The number of ether oxygens (including phenoxy) is 1. The van der Waals surface area contributed by atoms with Crippen molar-refractivity contribution in [1.29, 1.82) is 0 Å². The highest BCUT2D eigenvalue weighted by Crippen LogP contribution is 2.26. The van der Waals surface area contributed by atoms with Crippen LogP contribution in [0.15, 0.2) is 47.4 Å². The predicted octanol–water partition coefficient (Wildman–Crippen LogP) is 2.06. The lowest BCUT2D eigenvalue weighted by Crippen LogP contribution is -2.41. The monoisotopic (exact) mass is 432 g/mol. The third kappa shape index (κ3) is 4.25. The Balaban J connectivity index is 1.47. The van der Waals surface area contributed by atoms with Gasteiger partial charge in [0.2, 0.25) is 0 Å². The van der Waals surface area contributed by atoms with Gasteiger partial charge in [-0.15, -0.1) is 4.83 Å². The summed E-state index contributed by atoms with van der Waals surface area (Å²) < 4.78 is 30.5. The summed E-state index contributed by atoms with van der Waals surface area (Å²) in [5, 5.41) is 2.47. The molecular weight excluding hydrogens is 412 g/mol. The number of rotatable bonds is 5. The number of amides is 1. The van der Waals surface area contributed by atoms with Gasteiger partial charge in [0, 0.05) is 13.1 Å². The number of nitrogens with zero attached hydrogens (tertiary/aromatic N) is 2. The maximum atomic E-state index is 12.6. The predicted molar refractivity (Wildman–Crippen MR) is 112 cm³/mol. The van der Waals surface area contributed by atoms with Crippen LogP contribution in [-0.4, -0.2) is 45.6 Å². The first kappa shape index (κ1) is 19.8. The van der Waals surface area contributed by atoms with Gasteiger partial charge in [-0.05, 0) is 29.8 Å². The number of morpholine rings is 1. The molecule has 152 valence electrons. The Labute approximate surface area is 172 Å². The van der Waals surface area contributed by atoms with E-state index in [0.29, 0.717) is 36.9 Å². The van der Waals surface area contributed by atoms with Gasteiger partial charge >= 0.3 is 0 Å². The van der Waals surface area contributed by atoms with Crippen molar-refractivity contribution >= 4 is 43.2 Å². The van der Waals surface area contributed by atoms with E-state index < -0.39 is 15.9 Å². The normalized spacial score (nSPS) is 14.9. The quantitative estimate of drug-likeness (QED) is 0.599. The molecule has 1 amide bonds. The van der Waals surface area contributed by atoms with E-state index in [1.165, 1.54) is 17.4 Å². The SMILES string of the molecule is Cc1nc(N2CCOCC2)sc1C(=O)NNS(=O)(=O)c1ccc2ccccc2c1. The van der Waals surface area contributed by atoms with Gasteiger partial charge in [-0.2, -0.15) is 0 Å². The molecule has 3 aromatic rings. The van der Waals surface area contributed by atoms with Gasteiger partial charge < -0.3 is 9.64 Å². The van der Waals surface area contributed by atoms with E-state index in [9.17, 15) is 13.2 Å². The zero-order valence-corrected chi connectivity index (χ0v) is 17.3. The number of carbonyl (C=O) groups is 1. The van der Waals surface area contributed by atoms with E-state index in [4.69, 9.17) is 4.74 Å². The van der Waals surface area contributed by atoms with Crippen molar-refractivity contribution in [3.05, 3.63) is 53.0 Å². The summed E-state index contributed by atoms with van der Waals surface area (Å²) in [6, 6.07) is 12.3. The maximum Gasteiger partial charge on any atom is 0.278 e. The van der Waals surface area contributed by atoms with Crippen molar-refractivity contribution < 1.29 is 17.9 Å². The summed E-state index contributed by atoms with van der Waals surface area (Å²) in [4.78, 5) is 21.7. The van der Waals surface area contributed by atoms with Crippen molar-refractivity contribution in [3.63, 3.8) is 0 Å². The average Bonchev–Trinajstić information content (AvgIpc) is 3.14. The summed E-state index contributed by atoms with van der Waals surface area (Å²) in [5.41, 5.74) is 2.85. The van der Waals surface area contributed by atoms with Crippen LogP contribution < -0.4 is 15.2 Å². The van der Waals surface area contributed by atoms with Crippen molar-refractivity contribution in [3.8, 4) is 0 Å². The number of thiazole rings is 1. The van der Waals surface area contributed by atoms with Gasteiger partial charge in [0.05, 0.1) is 23.8 Å². The number of hydrogen-bond donors (Lipinski definition) is 2. The van der Waals surface area contributed by atoms with Gasteiger partial charge in [0.25, 0.3) is 15.9 Å². The highest BCUT2D eigenvalue weighted by molar-refractivity contribution is 7.89. The zero-order valence-electron chi connectivity index (χ0n) is 15.7. The molecule has 4 rings (SSSR count). The molecule has 2 N–H and O–H groups in total. The highest BCUT2D eigenvalue weighted by atomic mass is 32.2. The summed E-state index contributed by atoms with van der Waals surface area (Å²) in [6.45, 7) is 4.38.